The molecular formula is C25H27F2N8O2+. The predicted molar refractivity (Wildman–Crippen MR) is 134 cm³/mol. The van der Waals surface area contributed by atoms with Crippen LogP contribution in [-0.4, -0.2) is 53.6 Å². The number of quaternary nitrogens is 1. The minimum atomic E-state index is -1.14. The summed E-state index contributed by atoms with van der Waals surface area (Å²) in [5.74, 6) is -1.65. The normalized spacial score (nSPS) is 19.4. The molecule has 0 aliphatic carbocycles. The predicted octanol–water partition coefficient (Wildman–Crippen LogP) is 3.86. The number of carbonyl (C=O) groups excluding carboxylic acids is 1. The fourth-order valence-corrected chi connectivity index (χ4v) is 4.58. The van der Waals surface area contributed by atoms with E-state index in [0.29, 0.717) is 29.1 Å². The van der Waals surface area contributed by atoms with Gasteiger partial charge >= 0.3 is 0 Å². The number of primary amides is 1. The monoisotopic (exact) mass is 509 g/mol. The molecule has 0 bridgehead atoms. The molecule has 2 aliphatic heterocycles. The first kappa shape index (κ1) is 24.7. The van der Waals surface area contributed by atoms with Crippen LogP contribution < -0.4 is 20.4 Å². The number of nitrogens with zero attached hydrogens (tertiary/aromatic N) is 6. The van der Waals surface area contributed by atoms with Crippen LogP contribution in [0.2, 0.25) is 0 Å². The minimum absolute atomic E-state index is 0.187. The van der Waals surface area contributed by atoms with Gasteiger partial charge in [-0.15, -0.1) is 4.59 Å². The summed E-state index contributed by atoms with van der Waals surface area (Å²) in [4.78, 5) is 22.8. The number of halogens is 2. The third-order valence-electron chi connectivity index (χ3n) is 6.33. The molecule has 1 unspecified atom stereocenters. The van der Waals surface area contributed by atoms with Crippen molar-refractivity contribution in [3.63, 3.8) is 0 Å². The number of amides is 1. The summed E-state index contributed by atoms with van der Waals surface area (Å²) in [6.07, 6.45) is 6.27. The molecule has 3 heterocycles. The molecule has 1 aromatic heterocycles. The first-order valence-electron chi connectivity index (χ1n) is 12.1. The largest absolute Gasteiger partial charge is 0.493 e. The van der Waals surface area contributed by atoms with Gasteiger partial charge < -0.3 is 20.7 Å². The second-order valence-corrected chi connectivity index (χ2v) is 9.00. The van der Waals surface area contributed by atoms with Crippen LogP contribution in [0.3, 0.4) is 0 Å². The van der Waals surface area contributed by atoms with Gasteiger partial charge in [-0.3, -0.25) is 4.79 Å². The van der Waals surface area contributed by atoms with E-state index in [9.17, 15) is 13.6 Å². The molecule has 1 amide bonds. The summed E-state index contributed by atoms with van der Waals surface area (Å²) in [5, 5.41) is 11.8. The molecule has 3 aromatic rings. The van der Waals surface area contributed by atoms with Crippen molar-refractivity contribution in [2.75, 3.05) is 38.1 Å². The third-order valence-corrected chi connectivity index (χ3v) is 6.33. The molecule has 5 rings (SSSR count). The molecule has 37 heavy (non-hydrogen) atoms. The highest BCUT2D eigenvalue weighted by Crippen LogP contribution is 2.35. The van der Waals surface area contributed by atoms with Crippen LogP contribution in [0.25, 0.3) is 10.9 Å². The zero-order valence-corrected chi connectivity index (χ0v) is 20.1. The Morgan fingerprint density at radius 3 is 2.81 bits per heavy atom. The number of hydrogen-bond acceptors (Lipinski definition) is 8. The summed E-state index contributed by atoms with van der Waals surface area (Å²) in [5.41, 5.74) is 5.84. The van der Waals surface area contributed by atoms with E-state index in [1.54, 1.807) is 0 Å². The van der Waals surface area contributed by atoms with Crippen molar-refractivity contribution in [3.8, 4) is 5.75 Å². The number of ether oxygens (including phenoxy) is 1. The van der Waals surface area contributed by atoms with Gasteiger partial charge in [0.05, 0.1) is 12.1 Å². The molecule has 3 N–H and O–H groups in total. The maximum Gasteiger partial charge on any atom is 0.276 e. The molecule has 10 nitrogen and oxygen atoms in total. The van der Waals surface area contributed by atoms with Crippen molar-refractivity contribution in [3.05, 3.63) is 66.4 Å². The van der Waals surface area contributed by atoms with Crippen LogP contribution in [0, 0.1) is 11.6 Å². The fourth-order valence-electron chi connectivity index (χ4n) is 4.58. The van der Waals surface area contributed by atoms with Gasteiger partial charge in [0.2, 0.25) is 17.3 Å². The molecule has 2 aromatic carbocycles. The van der Waals surface area contributed by atoms with Gasteiger partial charge in [-0.25, -0.2) is 14.4 Å². The molecule has 0 spiro atoms. The number of aromatic nitrogens is 2. The van der Waals surface area contributed by atoms with Gasteiger partial charge in [0, 0.05) is 29.3 Å². The van der Waals surface area contributed by atoms with Gasteiger partial charge in [-0.05, 0) is 50.6 Å². The van der Waals surface area contributed by atoms with Crippen molar-refractivity contribution < 1.29 is 18.3 Å². The number of anilines is 1. The molecule has 192 valence electrons. The van der Waals surface area contributed by atoms with Crippen molar-refractivity contribution in [2.45, 2.75) is 19.3 Å². The number of nitrogens with two attached hydrogens (primary N) is 1. The Hall–Kier alpha value is -4.03. The Labute approximate surface area is 212 Å². The number of benzene rings is 2. The van der Waals surface area contributed by atoms with Crippen LogP contribution in [0.4, 0.5) is 20.3 Å². The average molecular weight is 510 g/mol. The van der Waals surface area contributed by atoms with Crippen LogP contribution in [0.1, 0.15) is 19.3 Å². The third kappa shape index (κ3) is 5.39. The highest BCUT2D eigenvalue weighted by atomic mass is 19.2. The molecule has 2 aliphatic rings. The highest BCUT2D eigenvalue weighted by Gasteiger charge is 2.40. The fraction of sp³-hybridized carbons (Fsp3) is 0.320. The summed E-state index contributed by atoms with van der Waals surface area (Å²) in [6.45, 7) is 3.53. The highest BCUT2D eigenvalue weighted by molar-refractivity contribution is 5.90. The van der Waals surface area contributed by atoms with E-state index < -0.39 is 28.7 Å². The second-order valence-electron chi connectivity index (χ2n) is 9.00. The Morgan fingerprint density at radius 1 is 1.16 bits per heavy atom. The van der Waals surface area contributed by atoms with Crippen LogP contribution in [0.5, 0.6) is 5.75 Å². The Balaban J connectivity index is 1.33. The number of nitrogens with one attached hydrogen (secondary N) is 1. The number of hydrogen-bond donors (Lipinski definition) is 2. The molecule has 1 atom stereocenters. The van der Waals surface area contributed by atoms with Crippen molar-refractivity contribution in [1.29, 1.82) is 0 Å². The minimum Gasteiger partial charge on any atom is -0.493 e. The maximum atomic E-state index is 14.6. The lowest BCUT2D eigenvalue weighted by Crippen LogP contribution is -2.44. The Bertz CT molecular complexity index is 1380. The lowest BCUT2D eigenvalue weighted by Gasteiger charge is -2.22. The van der Waals surface area contributed by atoms with E-state index in [4.69, 9.17) is 10.5 Å². The molecule has 0 radical (unpaired) electrons. The summed E-state index contributed by atoms with van der Waals surface area (Å²) >= 11 is 0. The molecule has 0 saturated carbocycles. The Morgan fingerprint density at radius 2 is 2.00 bits per heavy atom. The van der Waals surface area contributed by atoms with E-state index in [1.165, 1.54) is 50.6 Å². The van der Waals surface area contributed by atoms with Crippen molar-refractivity contribution >= 4 is 28.3 Å². The second kappa shape index (κ2) is 10.5. The van der Waals surface area contributed by atoms with E-state index >= 15 is 0 Å². The molecular weight excluding hydrogens is 482 g/mol. The standard InChI is InChI=1S/C25H26F2N8O2/c26-19-5-3-6-21(24(19)27)35(14-22(28)36)15-23(32-33-35)31-25-18-8-7-17(13-20(18)29-16-30-25)37-12-4-11-34-9-1-2-10-34/h3,5-8,13,15-16H,1-2,4,9-12,14H2,(H2-,28,29,30,31,36)/p+1. The lowest BCUT2D eigenvalue weighted by atomic mass is 10.2. The molecule has 12 heteroatoms. The number of rotatable bonds is 10. The zero-order valence-electron chi connectivity index (χ0n) is 20.1. The average Bonchev–Trinajstić information content (AvgIpc) is 3.54. The summed E-state index contributed by atoms with van der Waals surface area (Å²) in [7, 11) is 0. The quantitative estimate of drug-likeness (QED) is 0.317. The van der Waals surface area contributed by atoms with Gasteiger partial charge in [-0.1, -0.05) is 11.2 Å². The number of likely N-dealkylation sites (tertiary alicyclic amines) is 1. The summed E-state index contributed by atoms with van der Waals surface area (Å²) in [6, 6.07) is 9.14. The van der Waals surface area contributed by atoms with E-state index in [-0.39, 0.29) is 11.5 Å². The van der Waals surface area contributed by atoms with Crippen molar-refractivity contribution in [1.82, 2.24) is 19.5 Å². The first-order valence-corrected chi connectivity index (χ1v) is 12.1. The van der Waals surface area contributed by atoms with Crippen molar-refractivity contribution in [2.24, 2.45) is 16.1 Å². The van der Waals surface area contributed by atoms with Gasteiger partial charge in [-0.2, -0.15) is 4.39 Å². The SMILES string of the molecule is NC(=O)C[N+]1(c2cccc(F)c2F)C=C(Nc2ncnc3cc(OCCCN4CCCC4)ccc23)N=N1. The smallest absolute Gasteiger partial charge is 0.276 e. The molecule has 1 saturated heterocycles. The summed E-state index contributed by atoms with van der Waals surface area (Å²) < 4.78 is 33.7. The van der Waals surface area contributed by atoms with Crippen LogP contribution in [0.15, 0.2) is 65.1 Å². The maximum absolute atomic E-state index is 14.6. The van der Waals surface area contributed by atoms with Crippen LogP contribution >= 0.6 is 0 Å². The zero-order chi connectivity index (χ0) is 25.8. The van der Waals surface area contributed by atoms with Crippen LogP contribution in [-0.2, 0) is 4.79 Å². The van der Waals surface area contributed by atoms with E-state index in [0.717, 1.165) is 19.0 Å². The first-order chi connectivity index (χ1) is 17.9. The van der Waals surface area contributed by atoms with E-state index in [2.05, 4.69) is 30.5 Å². The number of fused-ring (bicyclic) bond motifs is 1. The Kier molecular flexibility index (Phi) is 7.01. The molecule has 1 fully saturated rings. The van der Waals surface area contributed by atoms with Gasteiger partial charge in [0.15, 0.2) is 18.6 Å². The van der Waals surface area contributed by atoms with E-state index in [1.807, 2.05) is 18.2 Å². The lowest BCUT2D eigenvalue weighted by molar-refractivity contribution is -0.118. The topological polar surface area (TPSA) is 118 Å². The van der Waals surface area contributed by atoms with Gasteiger partial charge in [0.1, 0.15) is 17.9 Å². The number of carbonyl (C=O) groups is 1. The van der Waals surface area contributed by atoms with Gasteiger partial charge in [0.25, 0.3) is 5.91 Å².